The van der Waals surface area contributed by atoms with Crippen LogP contribution in [0.4, 0.5) is 5.82 Å². The van der Waals surface area contributed by atoms with Gasteiger partial charge in [-0.05, 0) is 38.0 Å². The van der Waals surface area contributed by atoms with Crippen LogP contribution in [0.15, 0.2) is 18.6 Å². The lowest BCUT2D eigenvalue weighted by atomic mass is 9.69. The van der Waals surface area contributed by atoms with Crippen LogP contribution in [0.1, 0.15) is 32.1 Å². The van der Waals surface area contributed by atoms with Crippen molar-refractivity contribution in [3.8, 4) is 6.07 Å². The summed E-state index contributed by atoms with van der Waals surface area (Å²) >= 11 is 0. The Morgan fingerprint density at radius 3 is 2.83 bits per heavy atom. The molecule has 1 aromatic heterocycles. The number of carbonyl (C=O) groups excluding carboxylic acids is 1. The first kappa shape index (κ1) is 15.4. The van der Waals surface area contributed by atoms with E-state index < -0.39 is 5.41 Å². The van der Waals surface area contributed by atoms with E-state index in [1.165, 1.54) is 0 Å². The van der Waals surface area contributed by atoms with Crippen molar-refractivity contribution in [3.05, 3.63) is 18.6 Å². The fourth-order valence-electron chi connectivity index (χ4n) is 4.73. The fraction of sp³-hybridized carbons (Fsp3) is 0.667. The maximum atomic E-state index is 12.8. The smallest absolute Gasteiger partial charge is 0.243 e. The number of anilines is 1. The van der Waals surface area contributed by atoms with Gasteiger partial charge in [-0.15, -0.1) is 0 Å². The average molecular weight is 325 g/mol. The molecule has 0 unspecified atom stereocenters. The van der Waals surface area contributed by atoms with E-state index in [-0.39, 0.29) is 5.91 Å². The molecule has 2 saturated carbocycles. The Balaban J connectivity index is 1.48. The Hall–Kier alpha value is -2.16. The van der Waals surface area contributed by atoms with Crippen molar-refractivity contribution < 1.29 is 4.79 Å². The zero-order valence-electron chi connectivity index (χ0n) is 14.1. The van der Waals surface area contributed by atoms with Crippen LogP contribution in [0.5, 0.6) is 0 Å². The minimum atomic E-state index is -0.717. The van der Waals surface area contributed by atoms with Gasteiger partial charge >= 0.3 is 0 Å². The molecule has 24 heavy (non-hydrogen) atoms. The normalized spacial score (nSPS) is 30.3. The molecule has 126 valence electrons. The van der Waals surface area contributed by atoms with Crippen molar-refractivity contribution in [2.24, 2.45) is 17.3 Å². The predicted octanol–water partition coefficient (Wildman–Crippen LogP) is 1.84. The predicted molar refractivity (Wildman–Crippen MR) is 88.9 cm³/mol. The average Bonchev–Trinajstić information content (AvgIpc) is 3.15. The highest BCUT2D eigenvalue weighted by Crippen LogP contribution is 2.46. The van der Waals surface area contributed by atoms with Crippen LogP contribution in [-0.4, -0.2) is 47.0 Å². The molecule has 0 radical (unpaired) electrons. The van der Waals surface area contributed by atoms with Crippen LogP contribution < -0.4 is 4.90 Å². The molecule has 1 saturated heterocycles. The van der Waals surface area contributed by atoms with Crippen molar-refractivity contribution in [3.63, 3.8) is 0 Å². The van der Waals surface area contributed by atoms with Gasteiger partial charge in [0.1, 0.15) is 11.2 Å². The van der Waals surface area contributed by atoms with Gasteiger partial charge in [-0.3, -0.25) is 9.78 Å². The number of hydrogen-bond donors (Lipinski definition) is 0. The molecular formula is C18H23N5O. The topological polar surface area (TPSA) is 73.1 Å². The number of aromatic nitrogens is 2. The lowest BCUT2D eigenvalue weighted by Gasteiger charge is -2.37. The number of hydrogen-bond acceptors (Lipinski definition) is 5. The molecule has 2 heterocycles. The quantitative estimate of drug-likeness (QED) is 0.848. The first-order chi connectivity index (χ1) is 11.6. The van der Waals surface area contributed by atoms with Crippen LogP contribution in [-0.2, 0) is 4.79 Å². The molecule has 0 aromatic carbocycles. The molecule has 0 N–H and O–H groups in total. The SMILES string of the molecule is CN(c1cnccn1)[C@@H]1CC[C@@H]2CN(C(=O)C3(C#N)CCC3)C[C@@H]21. The maximum absolute atomic E-state index is 12.8. The lowest BCUT2D eigenvalue weighted by molar-refractivity contribution is -0.142. The van der Waals surface area contributed by atoms with E-state index in [0.29, 0.717) is 17.9 Å². The van der Waals surface area contributed by atoms with Gasteiger partial charge < -0.3 is 9.80 Å². The first-order valence-corrected chi connectivity index (χ1v) is 8.84. The summed E-state index contributed by atoms with van der Waals surface area (Å²) in [5.74, 6) is 1.98. The molecule has 0 bridgehead atoms. The second-order valence-electron chi connectivity index (χ2n) is 7.50. The van der Waals surface area contributed by atoms with Gasteiger partial charge in [0.05, 0.1) is 12.3 Å². The number of fused-ring (bicyclic) bond motifs is 1. The van der Waals surface area contributed by atoms with Gasteiger partial charge in [-0.2, -0.15) is 5.26 Å². The minimum absolute atomic E-state index is 0.0755. The number of likely N-dealkylation sites (tertiary alicyclic amines) is 1. The van der Waals surface area contributed by atoms with Crippen LogP contribution in [0.25, 0.3) is 0 Å². The largest absolute Gasteiger partial charge is 0.355 e. The van der Waals surface area contributed by atoms with Gasteiger partial charge in [0.25, 0.3) is 0 Å². The van der Waals surface area contributed by atoms with Gasteiger partial charge in [-0.25, -0.2) is 4.98 Å². The van der Waals surface area contributed by atoms with Crippen LogP contribution in [0, 0.1) is 28.6 Å². The van der Waals surface area contributed by atoms with Crippen molar-refractivity contribution in [1.29, 1.82) is 5.26 Å². The number of amides is 1. The Labute approximate surface area is 142 Å². The Kier molecular flexibility index (Phi) is 3.67. The van der Waals surface area contributed by atoms with E-state index in [4.69, 9.17) is 0 Å². The Morgan fingerprint density at radius 2 is 2.21 bits per heavy atom. The molecule has 3 fully saturated rings. The van der Waals surface area contributed by atoms with Crippen molar-refractivity contribution in [2.45, 2.75) is 38.1 Å². The maximum Gasteiger partial charge on any atom is 0.243 e. The molecule has 1 amide bonds. The summed E-state index contributed by atoms with van der Waals surface area (Å²) in [4.78, 5) is 25.6. The van der Waals surface area contributed by atoms with Gasteiger partial charge in [0, 0.05) is 44.5 Å². The molecule has 6 nitrogen and oxygen atoms in total. The number of rotatable bonds is 3. The van der Waals surface area contributed by atoms with E-state index in [1.54, 1.807) is 18.6 Å². The monoisotopic (exact) mass is 325 g/mol. The molecule has 4 rings (SSSR count). The lowest BCUT2D eigenvalue weighted by Crippen LogP contribution is -2.47. The third-order valence-corrected chi connectivity index (χ3v) is 6.35. The van der Waals surface area contributed by atoms with E-state index in [9.17, 15) is 10.1 Å². The van der Waals surface area contributed by atoms with Gasteiger partial charge in [0.15, 0.2) is 0 Å². The summed E-state index contributed by atoms with van der Waals surface area (Å²) in [7, 11) is 2.07. The number of nitriles is 1. The summed E-state index contributed by atoms with van der Waals surface area (Å²) in [6.07, 6.45) is 9.94. The Bertz CT molecular complexity index is 666. The minimum Gasteiger partial charge on any atom is -0.355 e. The second kappa shape index (κ2) is 5.73. The van der Waals surface area contributed by atoms with Crippen molar-refractivity contribution >= 4 is 11.7 Å². The molecule has 3 atom stereocenters. The summed E-state index contributed by atoms with van der Waals surface area (Å²) in [5.41, 5.74) is -0.717. The molecular weight excluding hydrogens is 302 g/mol. The molecule has 6 heteroatoms. The highest BCUT2D eigenvalue weighted by atomic mass is 16.2. The van der Waals surface area contributed by atoms with E-state index in [0.717, 1.165) is 51.0 Å². The van der Waals surface area contributed by atoms with E-state index in [1.807, 2.05) is 4.90 Å². The molecule has 2 aliphatic carbocycles. The zero-order valence-corrected chi connectivity index (χ0v) is 14.1. The second-order valence-corrected chi connectivity index (χ2v) is 7.50. The van der Waals surface area contributed by atoms with Crippen molar-refractivity contribution in [2.75, 3.05) is 25.0 Å². The van der Waals surface area contributed by atoms with Crippen molar-refractivity contribution in [1.82, 2.24) is 14.9 Å². The third-order valence-electron chi connectivity index (χ3n) is 6.35. The summed E-state index contributed by atoms with van der Waals surface area (Å²) in [6.45, 7) is 1.60. The molecule has 3 aliphatic rings. The van der Waals surface area contributed by atoms with E-state index >= 15 is 0 Å². The van der Waals surface area contributed by atoms with Crippen LogP contribution in [0.3, 0.4) is 0 Å². The summed E-state index contributed by atoms with van der Waals surface area (Å²) in [5, 5.41) is 9.44. The Morgan fingerprint density at radius 1 is 1.38 bits per heavy atom. The zero-order chi connectivity index (χ0) is 16.7. The fourth-order valence-corrected chi connectivity index (χ4v) is 4.73. The standard InChI is InChI=1S/C18H23N5O/c1-22(16-9-20-7-8-21-16)15-4-3-13-10-23(11-14(13)15)17(24)18(12-19)5-2-6-18/h7-9,13-15H,2-6,10-11H2,1H3/t13-,14+,15-/m1/s1. The summed E-state index contributed by atoms with van der Waals surface area (Å²) in [6, 6.07) is 2.69. The highest BCUT2D eigenvalue weighted by molar-refractivity contribution is 5.86. The first-order valence-electron chi connectivity index (χ1n) is 8.84. The summed E-state index contributed by atoms with van der Waals surface area (Å²) < 4.78 is 0. The van der Waals surface area contributed by atoms with Crippen LogP contribution >= 0.6 is 0 Å². The molecule has 1 aliphatic heterocycles. The number of carbonyl (C=O) groups is 1. The van der Waals surface area contributed by atoms with E-state index in [2.05, 4.69) is 28.0 Å². The molecule has 1 aromatic rings. The molecule has 0 spiro atoms. The highest BCUT2D eigenvalue weighted by Gasteiger charge is 2.52. The van der Waals surface area contributed by atoms with Gasteiger partial charge in [-0.1, -0.05) is 0 Å². The number of nitrogens with zero attached hydrogens (tertiary/aromatic N) is 5. The van der Waals surface area contributed by atoms with Gasteiger partial charge in [0.2, 0.25) is 5.91 Å². The third kappa shape index (κ3) is 2.26. The van der Waals surface area contributed by atoms with Crippen LogP contribution in [0.2, 0.25) is 0 Å².